The summed E-state index contributed by atoms with van der Waals surface area (Å²) in [4.78, 5) is 12.2. The predicted octanol–water partition coefficient (Wildman–Crippen LogP) is 2.04. The van der Waals surface area contributed by atoms with Crippen LogP contribution in [0.1, 0.15) is 16.1 Å². The zero-order valence-electron chi connectivity index (χ0n) is 8.82. The molecule has 0 aliphatic rings. The number of ketones is 1. The van der Waals surface area contributed by atoms with Crippen LogP contribution in [0.4, 0.5) is 5.69 Å². The minimum atomic E-state index is -0.251. The van der Waals surface area contributed by atoms with E-state index in [1.54, 1.807) is 19.2 Å². The van der Waals surface area contributed by atoms with Crippen LogP contribution in [0.25, 0.3) is 0 Å². The average molecular weight is 316 g/mol. The Kier molecular flexibility index (Phi) is 3.17. The first kappa shape index (κ1) is 12.1. The zero-order valence-corrected chi connectivity index (χ0v) is 11.2. The summed E-state index contributed by atoms with van der Waals surface area (Å²) in [6, 6.07) is 4.73. The summed E-state index contributed by atoms with van der Waals surface area (Å²) >= 11 is 8.95. The van der Waals surface area contributed by atoms with E-state index in [0.717, 1.165) is 0 Å². The lowest BCUT2D eigenvalue weighted by molar-refractivity contribution is 0.103. The third kappa shape index (κ3) is 2.18. The number of anilines is 1. The number of halogens is 2. The van der Waals surface area contributed by atoms with Gasteiger partial charge in [0.05, 0.1) is 0 Å². The minimum absolute atomic E-state index is 0.251. The summed E-state index contributed by atoms with van der Waals surface area (Å²) in [6.45, 7) is 0. The SMILES string of the molecule is Cn1nnc(Br)c1C(=O)c1ccc(Cl)cc1N. The highest BCUT2D eigenvalue weighted by Gasteiger charge is 2.20. The second kappa shape index (κ2) is 4.46. The molecule has 0 bridgehead atoms. The molecule has 0 unspecified atom stereocenters. The van der Waals surface area contributed by atoms with E-state index in [4.69, 9.17) is 17.3 Å². The van der Waals surface area contributed by atoms with Crippen LogP contribution >= 0.6 is 27.5 Å². The van der Waals surface area contributed by atoms with Crippen LogP contribution < -0.4 is 5.73 Å². The van der Waals surface area contributed by atoms with E-state index in [1.807, 2.05) is 0 Å². The van der Waals surface area contributed by atoms with Gasteiger partial charge in [0, 0.05) is 23.3 Å². The molecule has 0 fully saturated rings. The number of carbonyl (C=O) groups excluding carboxylic acids is 1. The third-order valence-corrected chi connectivity index (χ3v) is 3.03. The maximum absolute atomic E-state index is 12.2. The summed E-state index contributed by atoms with van der Waals surface area (Å²) in [6.07, 6.45) is 0. The second-order valence-corrected chi connectivity index (χ2v) is 4.60. The number of rotatable bonds is 2. The van der Waals surface area contributed by atoms with E-state index in [-0.39, 0.29) is 5.78 Å². The Morgan fingerprint density at radius 2 is 2.24 bits per heavy atom. The molecule has 0 amide bonds. The normalized spacial score (nSPS) is 10.5. The lowest BCUT2D eigenvalue weighted by Gasteiger charge is -2.05. The zero-order chi connectivity index (χ0) is 12.6. The molecule has 0 atom stereocenters. The third-order valence-electron chi connectivity index (χ3n) is 2.26. The summed E-state index contributed by atoms with van der Waals surface area (Å²) < 4.78 is 1.78. The van der Waals surface area contributed by atoms with Gasteiger partial charge in [0.15, 0.2) is 4.60 Å². The van der Waals surface area contributed by atoms with Crippen LogP contribution in [0, 0.1) is 0 Å². The van der Waals surface area contributed by atoms with Crippen LogP contribution in [-0.4, -0.2) is 20.8 Å². The van der Waals surface area contributed by atoms with Crippen LogP contribution in [0.5, 0.6) is 0 Å². The smallest absolute Gasteiger partial charge is 0.215 e. The van der Waals surface area contributed by atoms with E-state index in [9.17, 15) is 4.79 Å². The Morgan fingerprint density at radius 3 is 2.76 bits per heavy atom. The van der Waals surface area contributed by atoms with E-state index in [1.165, 1.54) is 10.7 Å². The fourth-order valence-corrected chi connectivity index (χ4v) is 2.13. The summed E-state index contributed by atoms with van der Waals surface area (Å²) in [5.74, 6) is -0.251. The van der Waals surface area contributed by atoms with Gasteiger partial charge in [-0.2, -0.15) is 0 Å². The number of aromatic nitrogens is 3. The molecule has 0 saturated heterocycles. The first-order valence-electron chi connectivity index (χ1n) is 4.65. The highest BCUT2D eigenvalue weighted by molar-refractivity contribution is 9.10. The van der Waals surface area contributed by atoms with Crippen molar-refractivity contribution in [3.05, 3.63) is 39.1 Å². The van der Waals surface area contributed by atoms with Gasteiger partial charge in [-0.1, -0.05) is 16.8 Å². The lowest BCUT2D eigenvalue weighted by Crippen LogP contribution is -2.11. The van der Waals surface area contributed by atoms with Crippen molar-refractivity contribution in [1.29, 1.82) is 0 Å². The van der Waals surface area contributed by atoms with Crippen molar-refractivity contribution in [3.63, 3.8) is 0 Å². The van der Waals surface area contributed by atoms with Crippen molar-refractivity contribution in [3.8, 4) is 0 Å². The number of hydrogen-bond donors (Lipinski definition) is 1. The van der Waals surface area contributed by atoms with Gasteiger partial charge in [-0.15, -0.1) is 5.10 Å². The number of nitrogens with two attached hydrogens (primary N) is 1. The molecule has 0 radical (unpaired) electrons. The number of carbonyl (C=O) groups is 1. The molecule has 1 aromatic heterocycles. The Labute approximate surface area is 111 Å². The first-order chi connectivity index (χ1) is 8.00. The number of benzene rings is 1. The molecule has 0 aliphatic heterocycles. The fourth-order valence-electron chi connectivity index (χ4n) is 1.44. The largest absolute Gasteiger partial charge is 0.398 e. The maximum Gasteiger partial charge on any atom is 0.215 e. The molecule has 17 heavy (non-hydrogen) atoms. The van der Waals surface area contributed by atoms with Crippen molar-refractivity contribution in [2.75, 3.05) is 5.73 Å². The van der Waals surface area contributed by atoms with E-state index in [2.05, 4.69) is 26.2 Å². The van der Waals surface area contributed by atoms with Gasteiger partial charge in [0.25, 0.3) is 0 Å². The van der Waals surface area contributed by atoms with Gasteiger partial charge in [-0.05, 0) is 34.1 Å². The molecule has 88 valence electrons. The van der Waals surface area contributed by atoms with Crippen molar-refractivity contribution < 1.29 is 4.79 Å². The maximum atomic E-state index is 12.2. The summed E-state index contributed by atoms with van der Waals surface area (Å²) in [7, 11) is 1.64. The average Bonchev–Trinajstić information content (AvgIpc) is 2.58. The van der Waals surface area contributed by atoms with Gasteiger partial charge < -0.3 is 5.73 Å². The monoisotopic (exact) mass is 314 g/mol. The number of nitrogen functional groups attached to an aromatic ring is 1. The van der Waals surface area contributed by atoms with Crippen LogP contribution in [-0.2, 0) is 7.05 Å². The van der Waals surface area contributed by atoms with Gasteiger partial charge in [0.2, 0.25) is 5.78 Å². The molecule has 7 heteroatoms. The molecule has 0 spiro atoms. The molecule has 2 aromatic rings. The molecular formula is C10H8BrClN4O. The Morgan fingerprint density at radius 1 is 1.53 bits per heavy atom. The fraction of sp³-hybridized carbons (Fsp3) is 0.100. The van der Waals surface area contributed by atoms with Gasteiger partial charge >= 0.3 is 0 Å². The predicted molar refractivity (Wildman–Crippen MR) is 68.0 cm³/mol. The van der Waals surface area contributed by atoms with E-state index in [0.29, 0.717) is 26.6 Å². The Hall–Kier alpha value is -1.40. The molecule has 1 heterocycles. The second-order valence-electron chi connectivity index (χ2n) is 3.41. The quantitative estimate of drug-likeness (QED) is 0.680. The lowest BCUT2D eigenvalue weighted by atomic mass is 10.1. The Balaban J connectivity index is 2.51. The topological polar surface area (TPSA) is 73.8 Å². The van der Waals surface area contributed by atoms with E-state index < -0.39 is 0 Å². The number of hydrogen-bond acceptors (Lipinski definition) is 4. The highest BCUT2D eigenvalue weighted by atomic mass is 79.9. The van der Waals surface area contributed by atoms with Crippen molar-refractivity contribution in [2.24, 2.45) is 7.05 Å². The molecule has 0 aliphatic carbocycles. The molecular weight excluding hydrogens is 307 g/mol. The number of nitrogens with zero attached hydrogens (tertiary/aromatic N) is 3. The van der Waals surface area contributed by atoms with Crippen molar-refractivity contribution >= 4 is 39.0 Å². The molecule has 2 rings (SSSR count). The standard InChI is InChI=1S/C10H8BrClN4O/c1-16-8(10(11)14-15-16)9(17)6-3-2-5(12)4-7(6)13/h2-4H,13H2,1H3. The van der Waals surface area contributed by atoms with Crippen LogP contribution in [0.3, 0.4) is 0 Å². The molecule has 5 nitrogen and oxygen atoms in total. The molecule has 0 saturated carbocycles. The minimum Gasteiger partial charge on any atom is -0.398 e. The Bertz CT molecular complexity index is 576. The molecule has 2 N–H and O–H groups in total. The van der Waals surface area contributed by atoms with Crippen molar-refractivity contribution in [2.45, 2.75) is 0 Å². The molecule has 1 aromatic carbocycles. The van der Waals surface area contributed by atoms with Crippen LogP contribution in [0.15, 0.2) is 22.8 Å². The van der Waals surface area contributed by atoms with Gasteiger partial charge in [-0.3, -0.25) is 4.79 Å². The summed E-state index contributed by atoms with van der Waals surface area (Å²) in [5, 5.41) is 7.98. The first-order valence-corrected chi connectivity index (χ1v) is 5.82. The summed E-state index contributed by atoms with van der Waals surface area (Å²) in [5.41, 5.74) is 6.81. The van der Waals surface area contributed by atoms with Crippen LogP contribution in [0.2, 0.25) is 5.02 Å². The van der Waals surface area contributed by atoms with E-state index >= 15 is 0 Å². The van der Waals surface area contributed by atoms with Gasteiger partial charge in [-0.25, -0.2) is 4.68 Å². The number of aryl methyl sites for hydroxylation is 1. The highest BCUT2D eigenvalue weighted by Crippen LogP contribution is 2.23. The van der Waals surface area contributed by atoms with Crippen molar-refractivity contribution in [1.82, 2.24) is 15.0 Å². The van der Waals surface area contributed by atoms with Gasteiger partial charge in [0.1, 0.15) is 5.69 Å².